The Morgan fingerprint density at radius 2 is 1.21 bits per heavy atom. The number of methoxy groups -OCH3 is 3. The summed E-state index contributed by atoms with van der Waals surface area (Å²) in [5.41, 5.74) is 1.28. The van der Waals surface area contributed by atoms with Crippen molar-refractivity contribution in [2.24, 2.45) is 0 Å². The van der Waals surface area contributed by atoms with E-state index in [0.717, 1.165) is 12.8 Å². The standard InChI is InChI=1S/C31H38N2O6/c1-5-6-7-8-13-20-39-27-19-18-22(21-28(27)38-4)29(32-30(34)23-14-9-11-16-25(23)36-2)33-31(35)24-15-10-12-17-26(24)37-3/h9-12,14-19,21,29H,5-8,13,20H2,1-4H3,(H,32,34)(H,33,35). The van der Waals surface area contributed by atoms with Crippen molar-refractivity contribution in [3.63, 3.8) is 0 Å². The van der Waals surface area contributed by atoms with Crippen molar-refractivity contribution in [3.8, 4) is 23.0 Å². The Bertz CT molecular complexity index is 1170. The molecule has 0 saturated carbocycles. The molecule has 2 amide bonds. The van der Waals surface area contributed by atoms with E-state index in [-0.39, 0.29) is 0 Å². The van der Waals surface area contributed by atoms with Gasteiger partial charge in [-0.1, -0.05) is 62.9 Å². The first-order valence-electron chi connectivity index (χ1n) is 13.2. The molecule has 0 fully saturated rings. The van der Waals surface area contributed by atoms with Crippen LogP contribution >= 0.6 is 0 Å². The van der Waals surface area contributed by atoms with E-state index in [9.17, 15) is 9.59 Å². The van der Waals surface area contributed by atoms with Crippen LogP contribution in [0.15, 0.2) is 66.7 Å². The average molecular weight is 535 g/mol. The number of para-hydroxylation sites is 2. The van der Waals surface area contributed by atoms with Gasteiger partial charge in [0.05, 0.1) is 39.1 Å². The first-order valence-corrected chi connectivity index (χ1v) is 13.2. The molecule has 8 nitrogen and oxygen atoms in total. The van der Waals surface area contributed by atoms with Crippen LogP contribution in [0.4, 0.5) is 0 Å². The van der Waals surface area contributed by atoms with Gasteiger partial charge in [0.25, 0.3) is 11.8 Å². The average Bonchev–Trinajstić information content (AvgIpc) is 2.98. The third kappa shape index (κ3) is 8.14. The van der Waals surface area contributed by atoms with E-state index in [1.54, 1.807) is 73.8 Å². The summed E-state index contributed by atoms with van der Waals surface area (Å²) in [4.78, 5) is 26.6. The maximum Gasteiger partial charge on any atom is 0.256 e. The van der Waals surface area contributed by atoms with E-state index in [4.69, 9.17) is 18.9 Å². The normalized spacial score (nSPS) is 10.6. The number of rotatable bonds is 15. The summed E-state index contributed by atoms with van der Waals surface area (Å²) in [7, 11) is 4.56. The second-order valence-electron chi connectivity index (χ2n) is 8.95. The molecule has 0 aliphatic carbocycles. The van der Waals surface area contributed by atoms with Gasteiger partial charge in [-0.25, -0.2) is 0 Å². The molecular formula is C31H38N2O6. The van der Waals surface area contributed by atoms with Gasteiger partial charge in [-0.05, 0) is 48.4 Å². The molecule has 0 unspecified atom stereocenters. The zero-order valence-electron chi connectivity index (χ0n) is 23.1. The quantitative estimate of drug-likeness (QED) is 0.186. The molecule has 2 N–H and O–H groups in total. The highest BCUT2D eigenvalue weighted by Gasteiger charge is 2.23. The molecule has 8 heteroatoms. The topological polar surface area (TPSA) is 95.1 Å². The van der Waals surface area contributed by atoms with E-state index in [2.05, 4.69) is 17.6 Å². The number of nitrogens with one attached hydrogen (secondary N) is 2. The molecule has 0 aromatic heterocycles. The second kappa shape index (κ2) is 15.3. The SMILES string of the molecule is CCCCCCCOc1ccc(C(NC(=O)c2ccccc2OC)NC(=O)c2ccccc2OC)cc1OC. The van der Waals surface area contributed by atoms with Crippen LogP contribution in [-0.2, 0) is 0 Å². The predicted molar refractivity (Wildman–Crippen MR) is 151 cm³/mol. The number of carbonyl (C=O) groups is 2. The van der Waals surface area contributed by atoms with E-state index < -0.39 is 18.0 Å². The van der Waals surface area contributed by atoms with Crippen LogP contribution in [0.1, 0.15) is 71.5 Å². The molecule has 3 aromatic carbocycles. The third-order valence-corrected chi connectivity index (χ3v) is 6.28. The Balaban J connectivity index is 1.86. The number of hydrogen-bond acceptors (Lipinski definition) is 6. The van der Waals surface area contributed by atoms with Crippen LogP contribution in [0.3, 0.4) is 0 Å². The fourth-order valence-electron chi connectivity index (χ4n) is 4.16. The van der Waals surface area contributed by atoms with Gasteiger partial charge in [-0.2, -0.15) is 0 Å². The van der Waals surface area contributed by atoms with Crippen molar-refractivity contribution in [1.82, 2.24) is 10.6 Å². The Kier molecular flexibility index (Phi) is 11.5. The minimum atomic E-state index is -0.892. The lowest BCUT2D eigenvalue weighted by Gasteiger charge is -2.23. The summed E-state index contributed by atoms with van der Waals surface area (Å²) in [6.45, 7) is 2.77. The molecule has 39 heavy (non-hydrogen) atoms. The Morgan fingerprint density at radius 1 is 0.667 bits per heavy atom. The molecule has 208 valence electrons. The molecule has 0 aliphatic heterocycles. The molecule has 0 heterocycles. The van der Waals surface area contributed by atoms with Crippen LogP contribution in [0.25, 0.3) is 0 Å². The summed E-state index contributed by atoms with van der Waals surface area (Å²) in [5, 5.41) is 5.83. The highest BCUT2D eigenvalue weighted by molar-refractivity contribution is 5.99. The maximum atomic E-state index is 13.3. The fourth-order valence-corrected chi connectivity index (χ4v) is 4.16. The zero-order chi connectivity index (χ0) is 28.0. The minimum absolute atomic E-state index is 0.339. The zero-order valence-corrected chi connectivity index (χ0v) is 23.1. The summed E-state index contributed by atoms with van der Waals surface area (Å²) >= 11 is 0. The predicted octanol–water partition coefficient (Wildman–Crippen LogP) is 5.92. The van der Waals surface area contributed by atoms with E-state index in [0.29, 0.717) is 46.3 Å². The van der Waals surface area contributed by atoms with E-state index in [1.165, 1.54) is 33.5 Å². The van der Waals surface area contributed by atoms with Crippen molar-refractivity contribution < 1.29 is 28.5 Å². The van der Waals surface area contributed by atoms with Gasteiger partial charge >= 0.3 is 0 Å². The molecule has 0 spiro atoms. The third-order valence-electron chi connectivity index (χ3n) is 6.28. The summed E-state index contributed by atoms with van der Waals surface area (Å²) in [5.74, 6) is 1.12. The Hall–Kier alpha value is -4.20. The van der Waals surface area contributed by atoms with Gasteiger partial charge in [0, 0.05) is 0 Å². The lowest BCUT2D eigenvalue weighted by atomic mass is 10.1. The Morgan fingerprint density at radius 3 is 1.74 bits per heavy atom. The number of benzene rings is 3. The van der Waals surface area contributed by atoms with Gasteiger partial charge in [-0.15, -0.1) is 0 Å². The molecule has 0 saturated heterocycles. The smallest absolute Gasteiger partial charge is 0.256 e. The molecule has 0 atom stereocenters. The summed E-state index contributed by atoms with van der Waals surface area (Å²) in [6, 6.07) is 19.1. The first kappa shape index (κ1) is 29.4. The highest BCUT2D eigenvalue weighted by Crippen LogP contribution is 2.31. The minimum Gasteiger partial charge on any atom is -0.496 e. The van der Waals surface area contributed by atoms with Crippen molar-refractivity contribution in [3.05, 3.63) is 83.4 Å². The molecule has 0 bridgehead atoms. The molecule has 3 rings (SSSR count). The van der Waals surface area contributed by atoms with Gasteiger partial charge in [0.15, 0.2) is 11.5 Å². The monoisotopic (exact) mass is 534 g/mol. The number of amides is 2. The maximum absolute atomic E-state index is 13.3. The van der Waals surface area contributed by atoms with Crippen LogP contribution in [0.2, 0.25) is 0 Å². The van der Waals surface area contributed by atoms with Crippen LogP contribution in [0, 0.1) is 0 Å². The lowest BCUT2D eigenvalue weighted by molar-refractivity contribution is 0.0880. The van der Waals surface area contributed by atoms with Gasteiger partial charge < -0.3 is 29.6 Å². The number of ether oxygens (including phenoxy) is 4. The van der Waals surface area contributed by atoms with Crippen LogP contribution in [-0.4, -0.2) is 39.8 Å². The fraction of sp³-hybridized carbons (Fsp3) is 0.355. The van der Waals surface area contributed by atoms with Gasteiger partial charge in [0.2, 0.25) is 0 Å². The van der Waals surface area contributed by atoms with Crippen LogP contribution in [0.5, 0.6) is 23.0 Å². The van der Waals surface area contributed by atoms with Crippen molar-refractivity contribution in [1.29, 1.82) is 0 Å². The van der Waals surface area contributed by atoms with Gasteiger partial charge in [-0.3, -0.25) is 9.59 Å². The van der Waals surface area contributed by atoms with Crippen molar-refractivity contribution >= 4 is 11.8 Å². The first-order chi connectivity index (χ1) is 19.0. The number of hydrogen-bond donors (Lipinski definition) is 2. The largest absolute Gasteiger partial charge is 0.496 e. The van der Waals surface area contributed by atoms with Gasteiger partial charge in [0.1, 0.15) is 17.7 Å². The lowest BCUT2D eigenvalue weighted by Crippen LogP contribution is -2.41. The molecule has 0 aliphatic rings. The molecule has 3 aromatic rings. The van der Waals surface area contributed by atoms with Crippen molar-refractivity contribution in [2.45, 2.75) is 45.2 Å². The Labute approximate surface area is 230 Å². The molecular weight excluding hydrogens is 496 g/mol. The number of unbranched alkanes of at least 4 members (excludes halogenated alkanes) is 4. The van der Waals surface area contributed by atoms with E-state index in [1.807, 2.05) is 0 Å². The summed E-state index contributed by atoms with van der Waals surface area (Å²) in [6.07, 6.45) is 4.78. The highest BCUT2D eigenvalue weighted by atomic mass is 16.5. The number of carbonyl (C=O) groups excluding carboxylic acids is 2. The summed E-state index contributed by atoms with van der Waals surface area (Å²) < 4.78 is 22.3. The molecule has 0 radical (unpaired) electrons. The van der Waals surface area contributed by atoms with E-state index >= 15 is 0 Å². The van der Waals surface area contributed by atoms with Crippen LogP contribution < -0.4 is 29.6 Å². The van der Waals surface area contributed by atoms with Crippen molar-refractivity contribution in [2.75, 3.05) is 27.9 Å². The second-order valence-corrected chi connectivity index (χ2v) is 8.95.